The highest BCUT2D eigenvalue weighted by molar-refractivity contribution is 5.90. The van der Waals surface area contributed by atoms with Crippen LogP contribution in [-0.4, -0.2) is 28.0 Å². The summed E-state index contributed by atoms with van der Waals surface area (Å²) in [6.07, 6.45) is 5.28. The number of rotatable bonds is 3. The first kappa shape index (κ1) is 12.1. The van der Waals surface area contributed by atoms with E-state index in [4.69, 9.17) is 4.74 Å². The highest BCUT2D eigenvalue weighted by Gasteiger charge is 2.23. The second-order valence-electron chi connectivity index (χ2n) is 4.39. The number of aromatic carboxylic acids is 1. The first-order valence-electron chi connectivity index (χ1n) is 6.05. The number of hydrogen-bond acceptors (Lipinski definition) is 3. The van der Waals surface area contributed by atoms with E-state index in [1.807, 2.05) is 4.68 Å². The van der Waals surface area contributed by atoms with Crippen LogP contribution in [0.5, 0.6) is 0 Å². The van der Waals surface area contributed by atoms with E-state index in [1.165, 1.54) is 12.8 Å². The van der Waals surface area contributed by atoms with E-state index in [9.17, 15) is 9.90 Å². The molecule has 0 aromatic carbocycles. The van der Waals surface area contributed by atoms with Gasteiger partial charge in [0.15, 0.2) is 0 Å². The van der Waals surface area contributed by atoms with Crippen molar-refractivity contribution in [2.45, 2.75) is 45.3 Å². The third kappa shape index (κ3) is 2.49. The van der Waals surface area contributed by atoms with Crippen LogP contribution in [-0.2, 0) is 24.3 Å². The van der Waals surface area contributed by atoms with Crippen molar-refractivity contribution in [3.05, 3.63) is 17.0 Å². The molecule has 0 unspecified atom stereocenters. The maximum absolute atomic E-state index is 11.3. The molecule has 94 valence electrons. The molecule has 2 rings (SSSR count). The second kappa shape index (κ2) is 5.31. The number of methoxy groups -OCH3 is 1. The molecule has 1 aliphatic rings. The topological polar surface area (TPSA) is 64.4 Å². The van der Waals surface area contributed by atoms with Crippen molar-refractivity contribution in [3.63, 3.8) is 0 Å². The molecule has 1 aromatic heterocycles. The Labute approximate surface area is 100 Å². The summed E-state index contributed by atoms with van der Waals surface area (Å²) in [7, 11) is 1.56. The lowest BCUT2D eigenvalue weighted by Gasteiger charge is -2.11. The van der Waals surface area contributed by atoms with Crippen molar-refractivity contribution >= 4 is 5.97 Å². The highest BCUT2D eigenvalue weighted by Crippen LogP contribution is 2.21. The van der Waals surface area contributed by atoms with Gasteiger partial charge in [-0.2, -0.15) is 5.10 Å². The van der Waals surface area contributed by atoms with Crippen LogP contribution in [0.1, 0.15) is 47.4 Å². The minimum atomic E-state index is -0.890. The summed E-state index contributed by atoms with van der Waals surface area (Å²) in [5.74, 6) is -0.890. The normalized spacial score (nSPS) is 16.1. The van der Waals surface area contributed by atoms with Gasteiger partial charge < -0.3 is 9.84 Å². The molecule has 0 radical (unpaired) electrons. The molecule has 2 heterocycles. The fourth-order valence-electron chi connectivity index (χ4n) is 2.38. The molecular formula is C12H18N2O3. The van der Waals surface area contributed by atoms with Gasteiger partial charge in [0.1, 0.15) is 11.3 Å². The summed E-state index contributed by atoms with van der Waals surface area (Å²) < 4.78 is 6.88. The average molecular weight is 238 g/mol. The van der Waals surface area contributed by atoms with Gasteiger partial charge in [-0.3, -0.25) is 4.68 Å². The molecule has 0 saturated heterocycles. The number of aryl methyl sites for hydroxylation is 1. The molecule has 0 amide bonds. The maximum Gasteiger partial charge on any atom is 0.339 e. The van der Waals surface area contributed by atoms with Crippen LogP contribution in [0.3, 0.4) is 0 Å². The molecule has 0 atom stereocenters. The zero-order valence-electron chi connectivity index (χ0n) is 10.1. The molecule has 0 fully saturated rings. The lowest BCUT2D eigenvalue weighted by atomic mass is 10.0. The van der Waals surface area contributed by atoms with E-state index < -0.39 is 5.97 Å². The predicted octanol–water partition coefficient (Wildman–Crippen LogP) is 1.84. The molecule has 0 saturated carbocycles. The van der Waals surface area contributed by atoms with Gasteiger partial charge >= 0.3 is 5.97 Å². The Morgan fingerprint density at radius 1 is 1.41 bits per heavy atom. The van der Waals surface area contributed by atoms with Gasteiger partial charge in [0.05, 0.1) is 12.3 Å². The zero-order chi connectivity index (χ0) is 12.3. The third-order valence-electron chi connectivity index (χ3n) is 3.16. The smallest absolute Gasteiger partial charge is 0.339 e. The van der Waals surface area contributed by atoms with E-state index in [1.54, 1.807) is 7.11 Å². The molecule has 1 N–H and O–H groups in total. The van der Waals surface area contributed by atoms with Crippen molar-refractivity contribution in [1.29, 1.82) is 0 Å². The van der Waals surface area contributed by atoms with E-state index >= 15 is 0 Å². The Kier molecular flexibility index (Phi) is 3.78. The van der Waals surface area contributed by atoms with Crippen LogP contribution in [0.2, 0.25) is 0 Å². The Bertz CT molecular complexity index is 412. The molecular weight excluding hydrogens is 220 g/mol. The number of nitrogens with zero attached hydrogens (tertiary/aromatic N) is 2. The van der Waals surface area contributed by atoms with Crippen LogP contribution < -0.4 is 0 Å². The van der Waals surface area contributed by atoms with Gasteiger partial charge in [0, 0.05) is 13.7 Å². The number of hydrogen-bond donors (Lipinski definition) is 1. The Balaban J connectivity index is 2.41. The number of ether oxygens (including phenoxy) is 1. The number of fused-ring (bicyclic) bond motifs is 1. The maximum atomic E-state index is 11.3. The van der Waals surface area contributed by atoms with Crippen molar-refractivity contribution < 1.29 is 14.6 Å². The molecule has 1 aromatic rings. The minimum Gasteiger partial charge on any atom is -0.478 e. The van der Waals surface area contributed by atoms with Crippen LogP contribution >= 0.6 is 0 Å². The monoisotopic (exact) mass is 238 g/mol. The van der Waals surface area contributed by atoms with Crippen LogP contribution in [0.25, 0.3) is 0 Å². The zero-order valence-corrected chi connectivity index (χ0v) is 10.1. The Morgan fingerprint density at radius 2 is 2.18 bits per heavy atom. The predicted molar refractivity (Wildman–Crippen MR) is 62.1 cm³/mol. The SMILES string of the molecule is COCc1nn2c(c1C(=O)O)CCCCCC2. The van der Waals surface area contributed by atoms with E-state index in [-0.39, 0.29) is 6.61 Å². The first-order chi connectivity index (χ1) is 8.24. The number of carbonyl (C=O) groups is 1. The third-order valence-corrected chi connectivity index (χ3v) is 3.16. The van der Waals surface area contributed by atoms with Crippen LogP contribution in [0, 0.1) is 0 Å². The fraction of sp³-hybridized carbons (Fsp3) is 0.667. The summed E-state index contributed by atoms with van der Waals surface area (Å²) in [6.45, 7) is 1.08. The molecule has 5 nitrogen and oxygen atoms in total. The summed E-state index contributed by atoms with van der Waals surface area (Å²) >= 11 is 0. The first-order valence-corrected chi connectivity index (χ1v) is 6.05. The number of aromatic nitrogens is 2. The van der Waals surface area contributed by atoms with Crippen molar-refractivity contribution in [2.24, 2.45) is 0 Å². The minimum absolute atomic E-state index is 0.266. The van der Waals surface area contributed by atoms with Crippen molar-refractivity contribution in [1.82, 2.24) is 9.78 Å². The molecule has 5 heteroatoms. The molecule has 1 aliphatic heterocycles. The van der Waals surface area contributed by atoms with E-state index in [2.05, 4.69) is 5.10 Å². The van der Waals surface area contributed by atoms with E-state index in [0.29, 0.717) is 11.3 Å². The summed E-state index contributed by atoms with van der Waals surface area (Å²) in [4.78, 5) is 11.3. The largest absolute Gasteiger partial charge is 0.478 e. The molecule has 0 bridgehead atoms. The summed E-state index contributed by atoms with van der Waals surface area (Å²) in [5, 5.41) is 13.7. The van der Waals surface area contributed by atoms with Gasteiger partial charge in [0.2, 0.25) is 0 Å². The average Bonchev–Trinajstić information content (AvgIpc) is 2.56. The van der Waals surface area contributed by atoms with Gasteiger partial charge in [-0.1, -0.05) is 12.8 Å². The Morgan fingerprint density at radius 3 is 2.88 bits per heavy atom. The summed E-state index contributed by atoms with van der Waals surface area (Å²) in [6, 6.07) is 0. The van der Waals surface area contributed by atoms with Crippen molar-refractivity contribution in [3.8, 4) is 0 Å². The van der Waals surface area contributed by atoms with Crippen LogP contribution in [0.15, 0.2) is 0 Å². The quantitative estimate of drug-likeness (QED) is 0.872. The lowest BCUT2D eigenvalue weighted by molar-refractivity contribution is 0.0690. The Hall–Kier alpha value is -1.36. The number of carboxylic acids is 1. The van der Waals surface area contributed by atoms with Gasteiger partial charge in [-0.05, 0) is 19.3 Å². The highest BCUT2D eigenvalue weighted by atomic mass is 16.5. The molecule has 0 aliphatic carbocycles. The molecule has 0 spiro atoms. The fourth-order valence-corrected chi connectivity index (χ4v) is 2.38. The lowest BCUT2D eigenvalue weighted by Crippen LogP contribution is -2.11. The van der Waals surface area contributed by atoms with E-state index in [0.717, 1.165) is 31.5 Å². The van der Waals surface area contributed by atoms with Crippen molar-refractivity contribution in [2.75, 3.05) is 7.11 Å². The molecule has 17 heavy (non-hydrogen) atoms. The van der Waals surface area contributed by atoms with Gasteiger partial charge in [-0.25, -0.2) is 4.79 Å². The standard InChI is InChI=1S/C12H18N2O3/c1-17-8-9-11(12(15)16)10-6-4-2-3-5-7-14(10)13-9/h2-8H2,1H3,(H,15,16). The number of carboxylic acid groups (broad SMARTS) is 1. The van der Waals surface area contributed by atoms with Crippen LogP contribution in [0.4, 0.5) is 0 Å². The van der Waals surface area contributed by atoms with Gasteiger partial charge in [0.25, 0.3) is 0 Å². The van der Waals surface area contributed by atoms with Gasteiger partial charge in [-0.15, -0.1) is 0 Å². The second-order valence-corrected chi connectivity index (χ2v) is 4.39. The summed E-state index contributed by atoms with van der Waals surface area (Å²) in [5.41, 5.74) is 1.77.